The molecule has 21 nitrogen and oxygen atoms in total. The number of likely N-dealkylation sites (tertiary alicyclic amines) is 1. The quantitative estimate of drug-likeness (QED) is 0.00974. The number of aromatic nitrogens is 1. The van der Waals surface area contributed by atoms with Gasteiger partial charge in [-0.15, -0.1) is 0 Å². The number of carbonyl (C=O) groups is 5. The number of ether oxygens (including phenoxy) is 5. The number of fused-ring (bicyclic) bond motifs is 2. The van der Waals surface area contributed by atoms with Crippen molar-refractivity contribution < 1.29 is 47.7 Å². The van der Waals surface area contributed by atoms with Crippen LogP contribution in [-0.4, -0.2) is 141 Å². The molecule has 0 aliphatic carbocycles. The predicted molar refractivity (Wildman–Crippen MR) is 299 cm³/mol. The molecule has 4 aliphatic heterocycles. The SMILES string of the molecule is CN1CCC(Nc2cccc(C(=O)N[C@H]3CCOc4ccc(OCCCCCCOCCOCCOCCCCCC(=O)Nc5cccc6c5CN(C5CCC(=O)NC5=O)C6=O)cc43)c2)(C(N)=N/C(=N\N)c2ccncc2)CC1. The summed E-state index contributed by atoms with van der Waals surface area (Å²) in [5, 5.41) is 16.1. The molecular formula is C58H75N11O10. The summed E-state index contributed by atoms with van der Waals surface area (Å²) < 4.78 is 29.3. The molecule has 2 atom stereocenters. The number of anilines is 2. The summed E-state index contributed by atoms with van der Waals surface area (Å²) in [6.45, 7) is 6.05. The molecule has 2 saturated heterocycles. The topological polar surface area (TPSA) is 276 Å². The van der Waals surface area contributed by atoms with E-state index in [0.29, 0.717) is 125 Å². The third-order valence-electron chi connectivity index (χ3n) is 14.7. The minimum absolute atomic E-state index is 0.140. The van der Waals surface area contributed by atoms with Gasteiger partial charge < -0.3 is 61.0 Å². The molecule has 5 amide bonds. The fraction of sp³-hybridized carbons (Fsp3) is 0.483. The third kappa shape index (κ3) is 16.1. The first-order chi connectivity index (χ1) is 38.5. The number of unbranched alkanes of at least 4 members (excludes halogenated alkanes) is 5. The number of benzene rings is 3. The molecule has 3 aromatic carbocycles. The lowest BCUT2D eigenvalue weighted by Crippen LogP contribution is -2.57. The maximum absolute atomic E-state index is 13.9. The van der Waals surface area contributed by atoms with Gasteiger partial charge in [-0.2, -0.15) is 5.10 Å². The van der Waals surface area contributed by atoms with Gasteiger partial charge in [-0.25, -0.2) is 4.99 Å². The van der Waals surface area contributed by atoms with Gasteiger partial charge in [-0.1, -0.05) is 25.0 Å². The number of nitrogens with two attached hydrogens (primary N) is 2. The maximum atomic E-state index is 13.9. The molecule has 2 fully saturated rings. The van der Waals surface area contributed by atoms with E-state index in [1.54, 1.807) is 48.8 Å². The Morgan fingerprint density at radius 1 is 0.823 bits per heavy atom. The molecule has 0 saturated carbocycles. The number of amidine groups is 2. The van der Waals surface area contributed by atoms with Gasteiger partial charge in [0.2, 0.25) is 17.7 Å². The first-order valence-corrected chi connectivity index (χ1v) is 27.6. The number of hydrazone groups is 1. The largest absolute Gasteiger partial charge is 0.494 e. The molecule has 8 rings (SSSR count). The van der Waals surface area contributed by atoms with E-state index < -0.39 is 17.5 Å². The fourth-order valence-electron chi connectivity index (χ4n) is 10.2. The van der Waals surface area contributed by atoms with Gasteiger partial charge in [0.15, 0.2) is 5.84 Å². The Morgan fingerprint density at radius 3 is 2.27 bits per heavy atom. The zero-order chi connectivity index (χ0) is 55.4. The van der Waals surface area contributed by atoms with Crippen molar-refractivity contribution in [2.45, 2.75) is 108 Å². The number of pyridine rings is 1. The Kier molecular flexibility index (Phi) is 21.2. The second-order valence-electron chi connectivity index (χ2n) is 20.3. The average Bonchev–Trinajstić information content (AvgIpc) is 3.88. The standard InChI is InChI=1S/C58H75N11O10/c1-68-27-23-58(24-28-68,57(59)65-53(67-60)40-20-25-61-26-21-40)66-42-12-9-11-41(37-42)54(72)63-48-22-32-79-50-18-16-43(38-45(48)50)78-31-8-3-2-6-29-75-33-35-77-36-34-76-30-7-4-5-15-51(70)62-47-14-10-13-44-46(47)39-69(56(44)74)49-17-19-52(71)64-55(49)73/h9-14,16,18,20-21,25-26,37-38,48-49,66H,2-8,15,17,19,22-24,27-36,39,60H2,1H3,(H,62,70)(H,63,72)(H2,59,65,67)(H,64,71,73)/t48-,49?/m0/s1. The second-order valence-corrected chi connectivity index (χ2v) is 20.3. The highest BCUT2D eigenvalue weighted by atomic mass is 16.5. The Labute approximate surface area is 461 Å². The van der Waals surface area contributed by atoms with E-state index in [2.05, 4.69) is 43.3 Å². The Morgan fingerprint density at radius 2 is 1.53 bits per heavy atom. The number of amides is 5. The van der Waals surface area contributed by atoms with Gasteiger partial charge in [0.25, 0.3) is 11.8 Å². The molecule has 8 N–H and O–H groups in total. The molecule has 0 radical (unpaired) electrons. The average molecular weight is 1090 g/mol. The zero-order valence-electron chi connectivity index (χ0n) is 45.2. The molecule has 4 aliphatic rings. The van der Waals surface area contributed by atoms with Gasteiger partial charge >= 0.3 is 0 Å². The molecule has 5 heterocycles. The van der Waals surface area contributed by atoms with Crippen LogP contribution in [-0.2, 0) is 35.1 Å². The number of hydrogen-bond donors (Lipinski definition) is 6. The smallest absolute Gasteiger partial charge is 0.255 e. The summed E-state index contributed by atoms with van der Waals surface area (Å²) in [4.78, 5) is 76.2. The van der Waals surface area contributed by atoms with Crippen LogP contribution in [0.4, 0.5) is 11.4 Å². The van der Waals surface area contributed by atoms with E-state index in [-0.39, 0.29) is 49.1 Å². The van der Waals surface area contributed by atoms with Crippen molar-refractivity contribution in [1.29, 1.82) is 0 Å². The monoisotopic (exact) mass is 1090 g/mol. The van der Waals surface area contributed by atoms with Crippen LogP contribution < -0.4 is 42.3 Å². The lowest BCUT2D eigenvalue weighted by Gasteiger charge is -2.41. The Hall–Kier alpha value is -7.46. The molecule has 1 unspecified atom stereocenters. The fourth-order valence-corrected chi connectivity index (χ4v) is 10.2. The lowest BCUT2D eigenvalue weighted by atomic mass is 9.85. The van der Waals surface area contributed by atoms with E-state index in [4.69, 9.17) is 40.3 Å². The normalized spacial score (nSPS) is 18.3. The van der Waals surface area contributed by atoms with Gasteiger partial charge in [-0.05, 0) is 119 Å². The number of hydrogen-bond acceptors (Lipinski definition) is 15. The molecule has 4 aromatic rings. The van der Waals surface area contributed by atoms with Crippen LogP contribution in [0.15, 0.2) is 95.3 Å². The molecule has 21 heteroatoms. The van der Waals surface area contributed by atoms with Crippen LogP contribution >= 0.6 is 0 Å². The van der Waals surface area contributed by atoms with Crippen LogP contribution in [0.5, 0.6) is 11.5 Å². The molecule has 422 valence electrons. The third-order valence-corrected chi connectivity index (χ3v) is 14.7. The first-order valence-electron chi connectivity index (χ1n) is 27.6. The summed E-state index contributed by atoms with van der Waals surface area (Å²) in [6.07, 6.45) is 12.3. The van der Waals surface area contributed by atoms with Crippen LogP contribution in [0.1, 0.15) is 127 Å². The van der Waals surface area contributed by atoms with Crippen molar-refractivity contribution in [2.24, 2.45) is 21.7 Å². The summed E-state index contributed by atoms with van der Waals surface area (Å²) >= 11 is 0. The minimum atomic E-state index is -0.710. The Balaban J connectivity index is 0.651. The molecule has 1 aromatic heterocycles. The van der Waals surface area contributed by atoms with Crippen molar-refractivity contribution in [2.75, 3.05) is 83.6 Å². The number of imide groups is 1. The van der Waals surface area contributed by atoms with E-state index in [1.807, 2.05) is 36.4 Å². The van der Waals surface area contributed by atoms with E-state index in [9.17, 15) is 24.0 Å². The minimum Gasteiger partial charge on any atom is -0.494 e. The first kappa shape index (κ1) is 57.7. The van der Waals surface area contributed by atoms with Crippen molar-refractivity contribution in [1.82, 2.24) is 25.4 Å². The number of aliphatic imine (C=N–C) groups is 1. The molecule has 79 heavy (non-hydrogen) atoms. The van der Waals surface area contributed by atoms with Gasteiger partial charge in [0.05, 0.1) is 51.2 Å². The van der Waals surface area contributed by atoms with Crippen LogP contribution in [0.2, 0.25) is 0 Å². The van der Waals surface area contributed by atoms with Gasteiger partial charge in [0, 0.05) is 104 Å². The van der Waals surface area contributed by atoms with Crippen molar-refractivity contribution in [3.8, 4) is 11.5 Å². The lowest BCUT2D eigenvalue weighted by molar-refractivity contribution is -0.137. The molecular weight excluding hydrogens is 1010 g/mol. The zero-order valence-corrected chi connectivity index (χ0v) is 45.2. The molecule has 0 spiro atoms. The maximum Gasteiger partial charge on any atom is 0.255 e. The van der Waals surface area contributed by atoms with Crippen LogP contribution in [0, 0.1) is 0 Å². The van der Waals surface area contributed by atoms with E-state index in [0.717, 1.165) is 74.4 Å². The van der Waals surface area contributed by atoms with Gasteiger partial charge in [-0.3, -0.25) is 34.3 Å². The van der Waals surface area contributed by atoms with Crippen LogP contribution in [0.3, 0.4) is 0 Å². The van der Waals surface area contributed by atoms with Crippen molar-refractivity contribution in [3.05, 3.63) is 113 Å². The highest BCUT2D eigenvalue weighted by Gasteiger charge is 2.41. The van der Waals surface area contributed by atoms with Crippen molar-refractivity contribution in [3.63, 3.8) is 0 Å². The highest BCUT2D eigenvalue weighted by molar-refractivity contribution is 6.09. The summed E-state index contributed by atoms with van der Waals surface area (Å²) in [6, 6.07) is 21.0. The van der Waals surface area contributed by atoms with E-state index in [1.165, 1.54) is 4.90 Å². The number of nitrogens with one attached hydrogen (secondary N) is 4. The molecule has 0 bridgehead atoms. The number of rotatable bonds is 28. The number of piperidine rings is 2. The predicted octanol–water partition coefficient (Wildman–Crippen LogP) is 5.84. The van der Waals surface area contributed by atoms with Crippen LogP contribution in [0.25, 0.3) is 0 Å². The second kappa shape index (κ2) is 29.0. The highest BCUT2D eigenvalue weighted by Crippen LogP contribution is 2.36. The van der Waals surface area contributed by atoms with E-state index >= 15 is 0 Å². The number of carbonyl (C=O) groups excluding carboxylic acids is 5. The Bertz CT molecular complexity index is 2790. The number of nitrogens with zero attached hydrogens (tertiary/aromatic N) is 5. The summed E-state index contributed by atoms with van der Waals surface area (Å²) in [5.74, 6) is 6.48. The summed E-state index contributed by atoms with van der Waals surface area (Å²) in [5.41, 5.74) is 10.6. The summed E-state index contributed by atoms with van der Waals surface area (Å²) in [7, 11) is 2.08. The van der Waals surface area contributed by atoms with Crippen molar-refractivity contribution >= 4 is 52.6 Å². The van der Waals surface area contributed by atoms with Gasteiger partial charge in [0.1, 0.15) is 23.4 Å².